The maximum absolute atomic E-state index is 10.9. The van der Waals surface area contributed by atoms with Crippen molar-refractivity contribution < 1.29 is 17.7 Å². The molecule has 0 bridgehead atoms. The Hall–Kier alpha value is -2.63. The van der Waals surface area contributed by atoms with Crippen LogP contribution in [0.15, 0.2) is 66.7 Å². The molecule has 0 aromatic heterocycles. The molecular weight excluding hydrogens is 384 g/mol. The summed E-state index contributed by atoms with van der Waals surface area (Å²) >= 11 is 0. The average molecular weight is 411 g/mol. The summed E-state index contributed by atoms with van der Waals surface area (Å²) in [6.45, 7) is 4.34. The van der Waals surface area contributed by atoms with Gasteiger partial charge in [0.25, 0.3) is 10.1 Å². The molecule has 4 nitrogen and oxygen atoms in total. The number of ether oxygens (including phenoxy) is 1. The topological polar surface area (TPSA) is 63.6 Å². The van der Waals surface area contributed by atoms with Crippen molar-refractivity contribution in [3.8, 4) is 16.9 Å². The first-order valence-electron chi connectivity index (χ1n) is 9.64. The van der Waals surface area contributed by atoms with E-state index in [0.29, 0.717) is 6.42 Å². The number of benzene rings is 3. The monoisotopic (exact) mass is 410 g/mol. The van der Waals surface area contributed by atoms with Gasteiger partial charge < -0.3 is 4.74 Å². The summed E-state index contributed by atoms with van der Waals surface area (Å²) < 4.78 is 36.5. The van der Waals surface area contributed by atoms with E-state index in [-0.39, 0.29) is 18.8 Å². The summed E-state index contributed by atoms with van der Waals surface area (Å²) in [6.07, 6.45) is 0.961. The molecule has 0 unspecified atom stereocenters. The van der Waals surface area contributed by atoms with E-state index in [1.54, 1.807) is 0 Å². The Morgan fingerprint density at radius 1 is 0.931 bits per heavy atom. The molecule has 0 saturated carbocycles. The summed E-state index contributed by atoms with van der Waals surface area (Å²) in [5, 5.41) is 0. The first-order valence-corrected chi connectivity index (χ1v) is 11.3. The highest BCUT2D eigenvalue weighted by atomic mass is 32.2. The molecule has 0 aliphatic carbocycles. The van der Waals surface area contributed by atoms with Crippen LogP contribution in [-0.2, 0) is 16.5 Å². The highest BCUT2D eigenvalue weighted by Crippen LogP contribution is 2.28. The van der Waals surface area contributed by atoms with Crippen LogP contribution in [0.3, 0.4) is 0 Å². The molecule has 3 aromatic carbocycles. The molecule has 0 heterocycles. The second-order valence-corrected chi connectivity index (χ2v) is 8.86. The molecule has 0 saturated heterocycles. The van der Waals surface area contributed by atoms with Crippen LogP contribution in [0.5, 0.6) is 5.75 Å². The third-order valence-corrected chi connectivity index (χ3v) is 5.61. The molecule has 0 aliphatic heterocycles. The summed E-state index contributed by atoms with van der Waals surface area (Å²) in [6, 6.07) is 22.9. The Kier molecular flexibility index (Phi) is 6.72. The summed E-state index contributed by atoms with van der Waals surface area (Å²) in [4.78, 5) is 0. The quantitative estimate of drug-likeness (QED) is 0.409. The number of rotatable bonds is 8. The second-order valence-electron chi connectivity index (χ2n) is 7.29. The SMILES string of the molecule is Cc1ccc(Cc2ccc(C)c(-c3ccccc3)c2)c(OCCCS(=O)(=O)O)c1. The van der Waals surface area contributed by atoms with Gasteiger partial charge in [-0.3, -0.25) is 4.55 Å². The van der Waals surface area contributed by atoms with E-state index in [2.05, 4.69) is 43.3 Å². The van der Waals surface area contributed by atoms with Gasteiger partial charge in [0.15, 0.2) is 0 Å². The van der Waals surface area contributed by atoms with Crippen LogP contribution in [0.4, 0.5) is 0 Å². The number of aryl methyl sites for hydroxylation is 2. The Labute approximate surface area is 172 Å². The predicted octanol–water partition coefficient (Wildman–Crippen LogP) is 5.22. The zero-order valence-electron chi connectivity index (χ0n) is 16.8. The maximum Gasteiger partial charge on any atom is 0.264 e. The van der Waals surface area contributed by atoms with Gasteiger partial charge in [0.05, 0.1) is 12.4 Å². The van der Waals surface area contributed by atoms with Crippen LogP contribution in [0.2, 0.25) is 0 Å². The van der Waals surface area contributed by atoms with Crippen molar-refractivity contribution in [1.82, 2.24) is 0 Å². The first kappa shape index (κ1) is 21.1. The highest BCUT2D eigenvalue weighted by Gasteiger charge is 2.10. The van der Waals surface area contributed by atoms with Gasteiger partial charge in [0, 0.05) is 6.42 Å². The summed E-state index contributed by atoms with van der Waals surface area (Å²) in [5.41, 5.74) is 6.94. The van der Waals surface area contributed by atoms with E-state index in [1.165, 1.54) is 22.3 Å². The molecule has 5 heteroatoms. The Morgan fingerprint density at radius 3 is 2.41 bits per heavy atom. The van der Waals surface area contributed by atoms with Gasteiger partial charge in [-0.15, -0.1) is 0 Å². The van der Waals surface area contributed by atoms with E-state index in [1.807, 2.05) is 37.3 Å². The van der Waals surface area contributed by atoms with E-state index in [0.717, 1.165) is 16.9 Å². The number of hydrogen-bond acceptors (Lipinski definition) is 3. The van der Waals surface area contributed by atoms with Crippen molar-refractivity contribution in [2.24, 2.45) is 0 Å². The lowest BCUT2D eigenvalue weighted by Gasteiger charge is -2.14. The minimum absolute atomic E-state index is 0.236. The smallest absolute Gasteiger partial charge is 0.264 e. The second kappa shape index (κ2) is 9.25. The molecule has 1 N–H and O–H groups in total. The van der Waals surface area contributed by atoms with Gasteiger partial charge in [-0.25, -0.2) is 0 Å². The van der Waals surface area contributed by atoms with Crippen molar-refractivity contribution in [1.29, 1.82) is 0 Å². The molecule has 0 amide bonds. The number of hydrogen-bond donors (Lipinski definition) is 1. The third kappa shape index (κ3) is 6.17. The van der Waals surface area contributed by atoms with Gasteiger partial charge in [-0.2, -0.15) is 8.42 Å². The van der Waals surface area contributed by atoms with Crippen LogP contribution in [0.1, 0.15) is 28.7 Å². The molecule has 3 rings (SSSR count). The fourth-order valence-corrected chi connectivity index (χ4v) is 3.78. The van der Waals surface area contributed by atoms with Crippen LogP contribution in [0.25, 0.3) is 11.1 Å². The lowest BCUT2D eigenvalue weighted by molar-refractivity contribution is 0.313. The van der Waals surface area contributed by atoms with Crippen LogP contribution in [-0.4, -0.2) is 25.3 Å². The molecule has 3 aromatic rings. The molecule has 0 atom stereocenters. The lowest BCUT2D eigenvalue weighted by Crippen LogP contribution is -2.09. The minimum Gasteiger partial charge on any atom is -0.493 e. The van der Waals surface area contributed by atoms with Crippen LogP contribution in [0, 0.1) is 13.8 Å². The van der Waals surface area contributed by atoms with Gasteiger partial charge in [-0.05, 0) is 59.7 Å². The molecule has 0 spiro atoms. The van der Waals surface area contributed by atoms with Gasteiger partial charge in [0.1, 0.15) is 5.75 Å². The molecule has 29 heavy (non-hydrogen) atoms. The van der Waals surface area contributed by atoms with Gasteiger partial charge >= 0.3 is 0 Å². The summed E-state index contributed by atoms with van der Waals surface area (Å²) in [7, 11) is -3.96. The Morgan fingerprint density at radius 2 is 1.69 bits per heavy atom. The first-order chi connectivity index (χ1) is 13.8. The van der Waals surface area contributed by atoms with Crippen LogP contribution >= 0.6 is 0 Å². The average Bonchev–Trinajstić information content (AvgIpc) is 2.68. The van der Waals surface area contributed by atoms with E-state index < -0.39 is 10.1 Å². The summed E-state index contributed by atoms with van der Waals surface area (Å²) in [5.74, 6) is 0.453. The van der Waals surface area contributed by atoms with E-state index in [9.17, 15) is 8.42 Å². The fraction of sp³-hybridized carbons (Fsp3) is 0.250. The Balaban J connectivity index is 1.79. The van der Waals surface area contributed by atoms with E-state index >= 15 is 0 Å². The third-order valence-electron chi connectivity index (χ3n) is 4.81. The van der Waals surface area contributed by atoms with Gasteiger partial charge in [-0.1, -0.05) is 60.7 Å². The van der Waals surface area contributed by atoms with Crippen molar-refractivity contribution >= 4 is 10.1 Å². The minimum atomic E-state index is -3.96. The highest BCUT2D eigenvalue weighted by molar-refractivity contribution is 7.85. The molecule has 0 fully saturated rings. The van der Waals surface area contributed by atoms with Gasteiger partial charge in [0.2, 0.25) is 0 Å². The van der Waals surface area contributed by atoms with Crippen molar-refractivity contribution in [3.63, 3.8) is 0 Å². The maximum atomic E-state index is 10.9. The largest absolute Gasteiger partial charge is 0.493 e. The zero-order chi connectivity index (χ0) is 20.9. The zero-order valence-corrected chi connectivity index (χ0v) is 17.6. The molecule has 152 valence electrons. The van der Waals surface area contributed by atoms with E-state index in [4.69, 9.17) is 9.29 Å². The van der Waals surface area contributed by atoms with Crippen molar-refractivity contribution in [3.05, 3.63) is 89.0 Å². The lowest BCUT2D eigenvalue weighted by atomic mass is 9.95. The normalized spacial score (nSPS) is 11.4. The Bertz CT molecular complexity index is 1070. The molecule has 0 radical (unpaired) electrons. The molecule has 0 aliphatic rings. The standard InChI is InChI=1S/C24H26O4S/c1-18-9-12-22(24(15-18)28-13-6-14-29(25,26)27)16-20-11-10-19(2)23(17-20)21-7-4-3-5-8-21/h3-5,7-12,15,17H,6,13-14,16H2,1-2H3,(H,25,26,27). The predicted molar refractivity (Wildman–Crippen MR) is 117 cm³/mol. The van der Waals surface area contributed by atoms with Crippen LogP contribution < -0.4 is 4.74 Å². The fourth-order valence-electron chi connectivity index (χ4n) is 3.29. The van der Waals surface area contributed by atoms with Crippen molar-refractivity contribution in [2.75, 3.05) is 12.4 Å². The van der Waals surface area contributed by atoms with Crippen molar-refractivity contribution in [2.45, 2.75) is 26.7 Å². The molecular formula is C24H26O4S.